The summed E-state index contributed by atoms with van der Waals surface area (Å²) in [5.74, 6) is -0.714. The Morgan fingerprint density at radius 3 is 2.50 bits per heavy atom. The van der Waals surface area contributed by atoms with Crippen molar-refractivity contribution in [3.8, 4) is 0 Å². The van der Waals surface area contributed by atoms with Gasteiger partial charge in [0.1, 0.15) is 5.82 Å². The first-order valence-corrected chi connectivity index (χ1v) is 5.94. The number of benzene rings is 1. The van der Waals surface area contributed by atoms with Gasteiger partial charge in [-0.3, -0.25) is 9.69 Å². The van der Waals surface area contributed by atoms with E-state index in [4.69, 9.17) is 11.5 Å². The van der Waals surface area contributed by atoms with Crippen molar-refractivity contribution in [1.82, 2.24) is 4.90 Å². The predicted octanol–water partition coefficient (Wildman–Crippen LogP) is 0.980. The molecule has 0 atom stereocenters. The molecule has 4 N–H and O–H groups in total. The topological polar surface area (TPSA) is 72.3 Å². The van der Waals surface area contributed by atoms with Gasteiger partial charge in [0.15, 0.2) is 0 Å². The zero-order valence-corrected chi connectivity index (χ0v) is 10.8. The fourth-order valence-corrected chi connectivity index (χ4v) is 1.75. The first kappa shape index (κ1) is 14.6. The first-order chi connectivity index (χ1) is 8.45. The van der Waals surface area contributed by atoms with Crippen molar-refractivity contribution in [3.05, 3.63) is 35.1 Å². The van der Waals surface area contributed by atoms with Gasteiger partial charge in [0, 0.05) is 30.3 Å². The highest BCUT2D eigenvalue weighted by Gasteiger charge is 2.15. The first-order valence-electron chi connectivity index (χ1n) is 5.94. The average molecular weight is 253 g/mol. The molecule has 1 aromatic rings. The molecule has 0 radical (unpaired) electrons. The number of amides is 1. The molecule has 0 saturated heterocycles. The highest BCUT2D eigenvalue weighted by atomic mass is 19.1. The molecule has 1 rings (SSSR count). The van der Waals surface area contributed by atoms with Gasteiger partial charge in [-0.15, -0.1) is 0 Å². The molecule has 0 aliphatic heterocycles. The summed E-state index contributed by atoms with van der Waals surface area (Å²) in [6.45, 7) is 4.50. The maximum atomic E-state index is 14.0. The number of carbonyl (C=O) groups excluding carboxylic acids is 1. The predicted molar refractivity (Wildman–Crippen MR) is 69.0 cm³/mol. The Morgan fingerprint density at radius 1 is 1.39 bits per heavy atom. The van der Waals surface area contributed by atoms with E-state index < -0.39 is 5.91 Å². The van der Waals surface area contributed by atoms with Crippen molar-refractivity contribution >= 4 is 5.91 Å². The van der Waals surface area contributed by atoms with E-state index >= 15 is 0 Å². The summed E-state index contributed by atoms with van der Waals surface area (Å²) < 4.78 is 14.0. The van der Waals surface area contributed by atoms with Crippen LogP contribution in [0.4, 0.5) is 4.39 Å². The quantitative estimate of drug-likeness (QED) is 0.793. The van der Waals surface area contributed by atoms with Crippen LogP contribution in [-0.2, 0) is 17.9 Å². The number of hydrogen-bond donors (Lipinski definition) is 2. The summed E-state index contributed by atoms with van der Waals surface area (Å²) in [4.78, 5) is 12.8. The molecule has 5 heteroatoms. The molecule has 100 valence electrons. The number of rotatable bonds is 6. The second-order valence-corrected chi connectivity index (χ2v) is 4.56. The highest BCUT2D eigenvalue weighted by Crippen LogP contribution is 2.15. The maximum Gasteiger partial charge on any atom is 0.231 e. The summed E-state index contributed by atoms with van der Waals surface area (Å²) in [7, 11) is 0. The monoisotopic (exact) mass is 253 g/mol. The molecule has 0 aliphatic carbocycles. The molecule has 0 bridgehead atoms. The van der Waals surface area contributed by atoms with Gasteiger partial charge in [0.2, 0.25) is 5.91 Å². The lowest BCUT2D eigenvalue weighted by Gasteiger charge is -2.25. The van der Waals surface area contributed by atoms with Crippen LogP contribution in [0, 0.1) is 5.82 Å². The Labute approximate surface area is 107 Å². The van der Waals surface area contributed by atoms with Crippen molar-refractivity contribution in [1.29, 1.82) is 0 Å². The summed E-state index contributed by atoms with van der Waals surface area (Å²) in [6, 6.07) is 5.24. The molecule has 0 aliphatic rings. The van der Waals surface area contributed by atoms with E-state index in [1.54, 1.807) is 18.2 Å². The van der Waals surface area contributed by atoms with Crippen molar-refractivity contribution < 1.29 is 9.18 Å². The van der Waals surface area contributed by atoms with Crippen LogP contribution in [0.5, 0.6) is 0 Å². The normalized spacial score (nSPS) is 11.2. The molecule has 0 unspecified atom stereocenters. The number of primary amides is 1. The van der Waals surface area contributed by atoms with E-state index in [2.05, 4.69) is 0 Å². The zero-order chi connectivity index (χ0) is 13.7. The lowest BCUT2D eigenvalue weighted by atomic mass is 10.1. The van der Waals surface area contributed by atoms with E-state index in [-0.39, 0.29) is 24.9 Å². The smallest absolute Gasteiger partial charge is 0.231 e. The second kappa shape index (κ2) is 6.47. The van der Waals surface area contributed by atoms with Crippen LogP contribution in [-0.4, -0.2) is 23.4 Å². The van der Waals surface area contributed by atoms with Crippen molar-refractivity contribution in [3.63, 3.8) is 0 Å². The number of halogens is 1. The molecule has 4 nitrogen and oxygen atoms in total. The minimum absolute atomic E-state index is 0.110. The van der Waals surface area contributed by atoms with E-state index in [9.17, 15) is 9.18 Å². The minimum Gasteiger partial charge on any atom is -0.369 e. The second-order valence-electron chi connectivity index (χ2n) is 4.56. The average Bonchev–Trinajstić information content (AvgIpc) is 2.30. The maximum absolute atomic E-state index is 14.0. The molecule has 1 aromatic carbocycles. The summed E-state index contributed by atoms with van der Waals surface area (Å²) in [5, 5.41) is 0. The fraction of sp³-hybridized carbons (Fsp3) is 0.462. The van der Waals surface area contributed by atoms with E-state index in [0.29, 0.717) is 17.7 Å². The Morgan fingerprint density at radius 2 is 2.00 bits per heavy atom. The summed E-state index contributed by atoms with van der Waals surface area (Å²) in [6.07, 6.45) is 0. The van der Waals surface area contributed by atoms with Gasteiger partial charge in [-0.1, -0.05) is 18.2 Å². The Kier molecular flexibility index (Phi) is 5.25. The summed E-state index contributed by atoms with van der Waals surface area (Å²) >= 11 is 0. The van der Waals surface area contributed by atoms with Crippen LogP contribution in [0.2, 0.25) is 0 Å². The van der Waals surface area contributed by atoms with E-state index in [1.807, 2.05) is 18.7 Å². The van der Waals surface area contributed by atoms with E-state index in [1.165, 1.54) is 0 Å². The highest BCUT2D eigenvalue weighted by molar-refractivity contribution is 5.75. The lowest BCUT2D eigenvalue weighted by Crippen LogP contribution is -2.38. The Hall–Kier alpha value is -1.46. The number of nitrogens with zero attached hydrogens (tertiary/aromatic N) is 1. The number of carbonyl (C=O) groups is 1. The van der Waals surface area contributed by atoms with Crippen LogP contribution in [0.15, 0.2) is 18.2 Å². The van der Waals surface area contributed by atoms with E-state index in [0.717, 1.165) is 0 Å². The molecule has 0 saturated carbocycles. The van der Waals surface area contributed by atoms with Gasteiger partial charge in [-0.05, 0) is 13.8 Å². The Balaban J connectivity index is 2.90. The lowest BCUT2D eigenvalue weighted by molar-refractivity contribution is -0.119. The van der Waals surface area contributed by atoms with Crippen molar-refractivity contribution in [2.45, 2.75) is 33.0 Å². The van der Waals surface area contributed by atoms with Crippen LogP contribution < -0.4 is 11.5 Å². The van der Waals surface area contributed by atoms with Gasteiger partial charge in [0.25, 0.3) is 0 Å². The van der Waals surface area contributed by atoms with Gasteiger partial charge in [-0.25, -0.2) is 4.39 Å². The third-order valence-corrected chi connectivity index (χ3v) is 2.84. The molecule has 18 heavy (non-hydrogen) atoms. The largest absolute Gasteiger partial charge is 0.369 e. The van der Waals surface area contributed by atoms with Crippen LogP contribution >= 0.6 is 0 Å². The minimum atomic E-state index is -0.418. The molecule has 0 aromatic heterocycles. The third-order valence-electron chi connectivity index (χ3n) is 2.84. The standard InChI is InChI=1S/C13H20FN3O/c1-9(2)17(8-12(16)18)7-11-5-3-4-10(6-15)13(11)14/h3-5,9H,6-8,15H2,1-2H3,(H2,16,18). The summed E-state index contributed by atoms with van der Waals surface area (Å²) in [5.41, 5.74) is 11.7. The van der Waals surface area contributed by atoms with Crippen molar-refractivity contribution in [2.75, 3.05) is 6.54 Å². The SMILES string of the molecule is CC(C)N(CC(N)=O)Cc1cccc(CN)c1F. The third kappa shape index (κ3) is 3.78. The van der Waals surface area contributed by atoms with Crippen molar-refractivity contribution in [2.24, 2.45) is 11.5 Å². The van der Waals surface area contributed by atoms with Crippen LogP contribution in [0.25, 0.3) is 0 Å². The van der Waals surface area contributed by atoms with Crippen LogP contribution in [0.3, 0.4) is 0 Å². The molecule has 0 fully saturated rings. The number of nitrogens with two attached hydrogens (primary N) is 2. The van der Waals surface area contributed by atoms with Gasteiger partial charge < -0.3 is 11.5 Å². The molecule has 0 spiro atoms. The molecule has 0 heterocycles. The van der Waals surface area contributed by atoms with Gasteiger partial charge in [0.05, 0.1) is 6.54 Å². The van der Waals surface area contributed by atoms with Gasteiger partial charge >= 0.3 is 0 Å². The van der Waals surface area contributed by atoms with Crippen LogP contribution in [0.1, 0.15) is 25.0 Å². The number of hydrogen-bond acceptors (Lipinski definition) is 3. The molecule has 1 amide bonds. The van der Waals surface area contributed by atoms with Gasteiger partial charge in [-0.2, -0.15) is 0 Å². The molecular weight excluding hydrogens is 233 g/mol. The fourth-order valence-electron chi connectivity index (χ4n) is 1.75. The Bertz CT molecular complexity index is 421. The zero-order valence-electron chi connectivity index (χ0n) is 10.8. The molecular formula is C13H20FN3O.